The van der Waals surface area contributed by atoms with Gasteiger partial charge in [-0.3, -0.25) is 0 Å². The highest BCUT2D eigenvalue weighted by Crippen LogP contribution is 2.33. The molecule has 0 aromatic carbocycles. The first kappa shape index (κ1) is 17.2. The smallest absolute Gasteiger partial charge is 0.276 e. The summed E-state index contributed by atoms with van der Waals surface area (Å²) in [7, 11) is 0. The van der Waals surface area contributed by atoms with E-state index in [0.717, 1.165) is 17.1 Å². The van der Waals surface area contributed by atoms with Gasteiger partial charge in [0.25, 0.3) is 11.0 Å². The molecule has 0 N–H and O–H groups in total. The molecular formula is C15H20N6OS2. The molecule has 3 aromatic rings. The van der Waals surface area contributed by atoms with Gasteiger partial charge in [-0.2, -0.15) is 4.98 Å². The highest BCUT2D eigenvalue weighted by Gasteiger charge is 2.19. The van der Waals surface area contributed by atoms with E-state index in [2.05, 4.69) is 39.1 Å². The first-order chi connectivity index (χ1) is 11.4. The second kappa shape index (κ2) is 7.10. The van der Waals surface area contributed by atoms with Crippen LogP contribution in [0.5, 0.6) is 0 Å². The van der Waals surface area contributed by atoms with Gasteiger partial charge in [0.2, 0.25) is 11.0 Å². The molecule has 3 heterocycles. The average molecular weight is 365 g/mol. The predicted octanol–water partition coefficient (Wildman–Crippen LogP) is 3.73. The summed E-state index contributed by atoms with van der Waals surface area (Å²) < 4.78 is 7.48. The van der Waals surface area contributed by atoms with Crippen LogP contribution in [0.3, 0.4) is 0 Å². The highest BCUT2D eigenvalue weighted by atomic mass is 32.2. The number of thioether (sulfide) groups is 2. The van der Waals surface area contributed by atoms with Crippen LogP contribution in [0.2, 0.25) is 0 Å². The second-order valence-corrected chi connectivity index (χ2v) is 8.30. The Morgan fingerprint density at radius 1 is 1.17 bits per heavy atom. The summed E-state index contributed by atoms with van der Waals surface area (Å²) in [6.07, 6.45) is 0. The van der Waals surface area contributed by atoms with Crippen molar-refractivity contribution in [3.8, 4) is 0 Å². The first-order valence-corrected chi connectivity index (χ1v) is 9.62. The van der Waals surface area contributed by atoms with E-state index in [-0.39, 0.29) is 5.25 Å². The summed E-state index contributed by atoms with van der Waals surface area (Å²) >= 11 is 3.07. The van der Waals surface area contributed by atoms with Crippen LogP contribution in [0.15, 0.2) is 20.9 Å². The van der Waals surface area contributed by atoms with Gasteiger partial charge in [-0.25, -0.2) is 9.50 Å². The molecule has 0 amide bonds. The van der Waals surface area contributed by atoms with Crippen molar-refractivity contribution in [2.45, 2.75) is 50.2 Å². The van der Waals surface area contributed by atoms with Crippen LogP contribution in [0.1, 0.15) is 43.3 Å². The van der Waals surface area contributed by atoms with E-state index in [4.69, 9.17) is 4.42 Å². The van der Waals surface area contributed by atoms with Gasteiger partial charge >= 0.3 is 0 Å². The van der Waals surface area contributed by atoms with Crippen molar-refractivity contribution in [2.75, 3.05) is 5.75 Å². The molecule has 0 radical (unpaired) electrons. The summed E-state index contributed by atoms with van der Waals surface area (Å²) in [6, 6.07) is 1.98. The molecule has 1 unspecified atom stereocenters. The van der Waals surface area contributed by atoms with Gasteiger partial charge in [0.1, 0.15) is 0 Å². The fourth-order valence-electron chi connectivity index (χ4n) is 2.09. The number of fused-ring (bicyclic) bond motifs is 1. The zero-order valence-electron chi connectivity index (χ0n) is 14.3. The number of hydrogen-bond donors (Lipinski definition) is 0. The highest BCUT2D eigenvalue weighted by molar-refractivity contribution is 7.99. The van der Waals surface area contributed by atoms with Crippen molar-refractivity contribution in [1.82, 2.24) is 29.8 Å². The molecule has 0 spiro atoms. The first-order valence-electron chi connectivity index (χ1n) is 7.76. The Bertz CT molecular complexity index is 844. The zero-order valence-corrected chi connectivity index (χ0v) is 16.0. The van der Waals surface area contributed by atoms with Gasteiger partial charge in [-0.1, -0.05) is 37.4 Å². The van der Waals surface area contributed by atoms with Crippen LogP contribution >= 0.6 is 23.5 Å². The molecule has 7 nitrogen and oxygen atoms in total. The standard InChI is InChI=1S/C15H20N6OS2/c1-8(2)7-23-15-19-18-12(22-15)11(5)24-14-17-13-16-9(3)6-10(4)21(13)20-14/h6,8,11H,7H2,1-5H3. The quantitative estimate of drug-likeness (QED) is 0.612. The predicted molar refractivity (Wildman–Crippen MR) is 94.4 cm³/mol. The Hall–Kier alpha value is -1.61. The van der Waals surface area contributed by atoms with E-state index in [1.807, 2.05) is 26.8 Å². The minimum absolute atomic E-state index is 0.0234. The molecule has 9 heteroatoms. The van der Waals surface area contributed by atoms with Gasteiger partial charge in [0.05, 0.1) is 5.25 Å². The molecule has 0 saturated carbocycles. The normalized spacial score (nSPS) is 13.1. The second-order valence-electron chi connectivity index (χ2n) is 6.02. The average Bonchev–Trinajstić information content (AvgIpc) is 3.11. The van der Waals surface area contributed by atoms with Crippen molar-refractivity contribution >= 4 is 29.3 Å². The maximum atomic E-state index is 5.73. The number of rotatable bonds is 6. The van der Waals surface area contributed by atoms with Gasteiger partial charge < -0.3 is 4.42 Å². The third kappa shape index (κ3) is 3.89. The Kier molecular flexibility index (Phi) is 5.09. The van der Waals surface area contributed by atoms with E-state index in [1.165, 1.54) is 11.8 Å². The van der Waals surface area contributed by atoms with E-state index < -0.39 is 0 Å². The Morgan fingerprint density at radius 3 is 2.71 bits per heavy atom. The number of hydrogen-bond acceptors (Lipinski definition) is 8. The Morgan fingerprint density at radius 2 is 1.96 bits per heavy atom. The van der Waals surface area contributed by atoms with E-state index >= 15 is 0 Å². The van der Waals surface area contributed by atoms with Crippen LogP contribution in [0, 0.1) is 19.8 Å². The van der Waals surface area contributed by atoms with Crippen molar-refractivity contribution in [2.24, 2.45) is 5.92 Å². The molecule has 3 aromatic heterocycles. The fourth-order valence-corrected chi connectivity index (χ4v) is 3.58. The van der Waals surface area contributed by atoms with Gasteiger partial charge in [0, 0.05) is 17.1 Å². The van der Waals surface area contributed by atoms with Crippen LogP contribution in [0.25, 0.3) is 5.78 Å². The van der Waals surface area contributed by atoms with Crippen molar-refractivity contribution in [3.05, 3.63) is 23.3 Å². The number of aryl methyl sites for hydroxylation is 2. The van der Waals surface area contributed by atoms with Crippen LogP contribution in [-0.4, -0.2) is 35.5 Å². The third-order valence-electron chi connectivity index (χ3n) is 3.19. The lowest BCUT2D eigenvalue weighted by Crippen LogP contribution is -1.97. The topological polar surface area (TPSA) is 82.0 Å². The molecule has 24 heavy (non-hydrogen) atoms. The lowest BCUT2D eigenvalue weighted by molar-refractivity contribution is 0.414. The molecule has 1 atom stereocenters. The molecular weight excluding hydrogens is 344 g/mol. The summed E-state index contributed by atoms with van der Waals surface area (Å²) in [4.78, 5) is 8.88. The molecule has 0 bridgehead atoms. The fraction of sp³-hybridized carbons (Fsp3) is 0.533. The molecule has 0 aliphatic carbocycles. The van der Waals surface area contributed by atoms with Crippen molar-refractivity contribution in [1.29, 1.82) is 0 Å². The minimum Gasteiger partial charge on any atom is -0.415 e. The number of nitrogens with zero attached hydrogens (tertiary/aromatic N) is 6. The van der Waals surface area contributed by atoms with Crippen molar-refractivity contribution < 1.29 is 4.42 Å². The van der Waals surface area contributed by atoms with Gasteiger partial charge in [0.15, 0.2) is 0 Å². The Balaban J connectivity index is 1.72. The minimum atomic E-state index is -0.0234. The van der Waals surface area contributed by atoms with Gasteiger partial charge in [-0.15, -0.1) is 15.3 Å². The van der Waals surface area contributed by atoms with Crippen molar-refractivity contribution in [3.63, 3.8) is 0 Å². The van der Waals surface area contributed by atoms with Crippen LogP contribution < -0.4 is 0 Å². The van der Waals surface area contributed by atoms with E-state index in [1.54, 1.807) is 16.3 Å². The lowest BCUT2D eigenvalue weighted by atomic mass is 10.3. The third-order valence-corrected chi connectivity index (χ3v) is 5.38. The molecule has 0 aliphatic heterocycles. The summed E-state index contributed by atoms with van der Waals surface area (Å²) in [5.41, 5.74) is 1.94. The SMILES string of the molecule is Cc1cc(C)n2nc(SC(C)c3nnc(SCC(C)C)o3)nc2n1. The molecule has 128 valence electrons. The molecule has 0 saturated heterocycles. The van der Waals surface area contributed by atoms with Gasteiger partial charge in [-0.05, 0) is 32.8 Å². The molecule has 0 fully saturated rings. The molecule has 0 aliphatic rings. The van der Waals surface area contributed by atoms with E-state index in [0.29, 0.717) is 28.0 Å². The largest absolute Gasteiger partial charge is 0.415 e. The molecule has 3 rings (SSSR count). The maximum absolute atomic E-state index is 5.73. The van der Waals surface area contributed by atoms with E-state index in [9.17, 15) is 0 Å². The summed E-state index contributed by atoms with van der Waals surface area (Å²) in [5.74, 6) is 2.74. The number of aromatic nitrogens is 6. The maximum Gasteiger partial charge on any atom is 0.276 e. The monoisotopic (exact) mass is 364 g/mol. The van der Waals surface area contributed by atoms with Crippen LogP contribution in [-0.2, 0) is 0 Å². The summed E-state index contributed by atoms with van der Waals surface area (Å²) in [6.45, 7) is 10.3. The zero-order chi connectivity index (χ0) is 17.3. The lowest BCUT2D eigenvalue weighted by Gasteiger charge is -2.02. The van der Waals surface area contributed by atoms with Crippen LogP contribution in [0.4, 0.5) is 0 Å². The summed E-state index contributed by atoms with van der Waals surface area (Å²) in [5, 5.41) is 14.0. The Labute approximate surface area is 149 Å².